The van der Waals surface area contributed by atoms with Gasteiger partial charge in [-0.25, -0.2) is 4.79 Å². The van der Waals surface area contributed by atoms with Crippen molar-refractivity contribution in [3.63, 3.8) is 0 Å². The Morgan fingerprint density at radius 1 is 1.27 bits per heavy atom. The van der Waals surface area contributed by atoms with Crippen molar-refractivity contribution < 1.29 is 9.21 Å². The highest BCUT2D eigenvalue weighted by molar-refractivity contribution is 9.10. The molecule has 0 atom stereocenters. The first-order valence-corrected chi connectivity index (χ1v) is 7.55. The fourth-order valence-corrected chi connectivity index (χ4v) is 2.81. The molecule has 112 valence electrons. The van der Waals surface area contributed by atoms with E-state index in [2.05, 4.69) is 21.2 Å². The van der Waals surface area contributed by atoms with E-state index in [1.165, 1.54) is 4.57 Å². The molecule has 0 saturated heterocycles. The van der Waals surface area contributed by atoms with Crippen molar-refractivity contribution in [1.29, 1.82) is 0 Å². The molecule has 0 saturated carbocycles. The third-order valence-electron chi connectivity index (χ3n) is 3.08. The number of aromatic nitrogens is 1. The number of benzene rings is 2. The van der Waals surface area contributed by atoms with Crippen molar-refractivity contribution >= 4 is 50.2 Å². The zero-order valence-corrected chi connectivity index (χ0v) is 13.5. The second kappa shape index (κ2) is 5.98. The van der Waals surface area contributed by atoms with Gasteiger partial charge in [0, 0.05) is 4.47 Å². The molecular weight excluding hydrogens is 372 g/mol. The largest absolute Gasteiger partial charge is 0.420 e. The first kappa shape index (κ1) is 14.9. The summed E-state index contributed by atoms with van der Waals surface area (Å²) in [5.41, 5.74) is 1.50. The second-order valence-electron chi connectivity index (χ2n) is 4.59. The number of halogens is 2. The SMILES string of the molecule is O=C(Cn1c(=O)oc2ccccc21)Nc1ccc(Br)cc1Cl. The average Bonchev–Trinajstić information content (AvgIpc) is 2.78. The highest BCUT2D eigenvalue weighted by atomic mass is 79.9. The van der Waals surface area contributed by atoms with Crippen LogP contribution in [0.1, 0.15) is 0 Å². The van der Waals surface area contributed by atoms with Gasteiger partial charge < -0.3 is 9.73 Å². The summed E-state index contributed by atoms with van der Waals surface area (Å²) >= 11 is 9.34. The van der Waals surface area contributed by atoms with Crippen molar-refractivity contribution in [1.82, 2.24) is 4.57 Å². The number of hydrogen-bond donors (Lipinski definition) is 1. The molecule has 0 aliphatic carbocycles. The molecule has 0 aliphatic rings. The van der Waals surface area contributed by atoms with Crippen LogP contribution in [0.4, 0.5) is 5.69 Å². The lowest BCUT2D eigenvalue weighted by molar-refractivity contribution is -0.116. The van der Waals surface area contributed by atoms with E-state index in [-0.39, 0.29) is 12.5 Å². The minimum atomic E-state index is -0.571. The Kier molecular flexibility index (Phi) is 4.04. The summed E-state index contributed by atoms with van der Waals surface area (Å²) in [5.74, 6) is -0.934. The highest BCUT2D eigenvalue weighted by Crippen LogP contribution is 2.25. The molecule has 0 spiro atoms. The smallest absolute Gasteiger partial charge is 0.408 e. The van der Waals surface area contributed by atoms with Gasteiger partial charge in [0.15, 0.2) is 5.58 Å². The lowest BCUT2D eigenvalue weighted by atomic mass is 10.3. The van der Waals surface area contributed by atoms with Gasteiger partial charge in [0.05, 0.1) is 16.2 Å². The maximum absolute atomic E-state index is 12.1. The summed E-state index contributed by atoms with van der Waals surface area (Å²) in [5, 5.41) is 3.08. The first-order chi connectivity index (χ1) is 10.5. The molecule has 1 aromatic heterocycles. The lowest BCUT2D eigenvalue weighted by Crippen LogP contribution is -2.24. The molecule has 3 rings (SSSR count). The van der Waals surface area contributed by atoms with Gasteiger partial charge in [0.25, 0.3) is 0 Å². The number of fused-ring (bicyclic) bond motifs is 1. The Balaban J connectivity index is 1.84. The van der Waals surface area contributed by atoms with E-state index in [1.54, 1.807) is 42.5 Å². The van der Waals surface area contributed by atoms with Gasteiger partial charge in [0.2, 0.25) is 5.91 Å². The first-order valence-electron chi connectivity index (χ1n) is 6.38. The van der Waals surface area contributed by atoms with Gasteiger partial charge in [0.1, 0.15) is 6.54 Å². The number of oxazole rings is 1. The predicted octanol–water partition coefficient (Wildman–Crippen LogP) is 3.65. The maximum Gasteiger partial charge on any atom is 0.420 e. The van der Waals surface area contributed by atoms with E-state index in [4.69, 9.17) is 16.0 Å². The summed E-state index contributed by atoms with van der Waals surface area (Å²) in [4.78, 5) is 24.0. The molecule has 1 N–H and O–H groups in total. The number of nitrogens with zero attached hydrogens (tertiary/aromatic N) is 1. The molecule has 5 nitrogen and oxygen atoms in total. The van der Waals surface area contributed by atoms with Crippen LogP contribution < -0.4 is 11.1 Å². The predicted molar refractivity (Wildman–Crippen MR) is 88.3 cm³/mol. The van der Waals surface area contributed by atoms with Gasteiger partial charge >= 0.3 is 5.76 Å². The number of anilines is 1. The zero-order valence-electron chi connectivity index (χ0n) is 11.2. The van der Waals surface area contributed by atoms with Gasteiger partial charge in [-0.3, -0.25) is 9.36 Å². The Morgan fingerprint density at radius 3 is 2.82 bits per heavy atom. The van der Waals surface area contributed by atoms with E-state index < -0.39 is 5.76 Å². The number of para-hydroxylation sites is 2. The molecule has 22 heavy (non-hydrogen) atoms. The van der Waals surface area contributed by atoms with Crippen molar-refractivity contribution in [3.8, 4) is 0 Å². The van der Waals surface area contributed by atoms with Crippen LogP contribution in [0.25, 0.3) is 11.1 Å². The summed E-state index contributed by atoms with van der Waals surface area (Å²) in [6.07, 6.45) is 0. The Morgan fingerprint density at radius 2 is 2.05 bits per heavy atom. The molecule has 0 unspecified atom stereocenters. The maximum atomic E-state index is 12.1. The van der Waals surface area contributed by atoms with Gasteiger partial charge in [-0.1, -0.05) is 39.7 Å². The fraction of sp³-hybridized carbons (Fsp3) is 0.0667. The van der Waals surface area contributed by atoms with Crippen LogP contribution in [-0.2, 0) is 11.3 Å². The number of amides is 1. The number of carbonyl (C=O) groups is 1. The van der Waals surface area contributed by atoms with Crippen LogP contribution in [0.2, 0.25) is 5.02 Å². The number of nitrogens with one attached hydrogen (secondary N) is 1. The summed E-state index contributed by atoms with van der Waals surface area (Å²) in [7, 11) is 0. The minimum absolute atomic E-state index is 0.151. The zero-order chi connectivity index (χ0) is 15.7. The topological polar surface area (TPSA) is 64.2 Å². The third kappa shape index (κ3) is 2.93. The summed E-state index contributed by atoms with van der Waals surface area (Å²) in [6.45, 7) is -0.151. The van der Waals surface area contributed by atoms with Crippen molar-refractivity contribution in [3.05, 3.63) is 62.5 Å². The van der Waals surface area contributed by atoms with E-state index in [9.17, 15) is 9.59 Å². The van der Waals surface area contributed by atoms with Crippen LogP contribution >= 0.6 is 27.5 Å². The molecule has 7 heteroatoms. The van der Waals surface area contributed by atoms with E-state index in [1.807, 2.05) is 0 Å². The third-order valence-corrected chi connectivity index (χ3v) is 3.89. The van der Waals surface area contributed by atoms with Crippen molar-refractivity contribution in [2.75, 3.05) is 5.32 Å². The van der Waals surface area contributed by atoms with Gasteiger partial charge in [-0.05, 0) is 30.3 Å². The molecule has 3 aromatic rings. The van der Waals surface area contributed by atoms with Crippen molar-refractivity contribution in [2.24, 2.45) is 0 Å². The van der Waals surface area contributed by atoms with E-state index in [0.717, 1.165) is 4.47 Å². The molecule has 0 bridgehead atoms. The molecule has 0 fully saturated rings. The summed E-state index contributed by atoms with van der Waals surface area (Å²) < 4.78 is 7.17. The van der Waals surface area contributed by atoms with Crippen LogP contribution in [-0.4, -0.2) is 10.5 Å². The molecule has 0 aliphatic heterocycles. The Hall–Kier alpha value is -2.05. The Labute approximate surface area is 138 Å². The fourth-order valence-electron chi connectivity index (χ4n) is 2.09. The molecule has 1 amide bonds. The monoisotopic (exact) mass is 380 g/mol. The van der Waals surface area contributed by atoms with Crippen molar-refractivity contribution in [2.45, 2.75) is 6.54 Å². The Bertz CT molecular complexity index is 917. The van der Waals surface area contributed by atoms with E-state index in [0.29, 0.717) is 21.8 Å². The highest BCUT2D eigenvalue weighted by Gasteiger charge is 2.13. The van der Waals surface area contributed by atoms with Crippen LogP contribution in [0, 0.1) is 0 Å². The van der Waals surface area contributed by atoms with Crippen LogP contribution in [0.15, 0.2) is 56.1 Å². The lowest BCUT2D eigenvalue weighted by Gasteiger charge is -2.07. The number of hydrogen-bond acceptors (Lipinski definition) is 3. The normalized spacial score (nSPS) is 10.8. The molecular formula is C15H10BrClN2O3. The summed E-state index contributed by atoms with van der Waals surface area (Å²) in [6, 6.07) is 12.1. The average molecular weight is 382 g/mol. The van der Waals surface area contributed by atoms with Gasteiger partial charge in [-0.15, -0.1) is 0 Å². The quantitative estimate of drug-likeness (QED) is 0.753. The molecule has 2 aromatic carbocycles. The van der Waals surface area contributed by atoms with Gasteiger partial charge in [-0.2, -0.15) is 0 Å². The van der Waals surface area contributed by atoms with E-state index >= 15 is 0 Å². The number of rotatable bonds is 3. The minimum Gasteiger partial charge on any atom is -0.408 e. The number of carbonyl (C=O) groups excluding carboxylic acids is 1. The molecule has 0 radical (unpaired) electrons. The van der Waals surface area contributed by atoms with Crippen LogP contribution in [0.3, 0.4) is 0 Å². The second-order valence-corrected chi connectivity index (χ2v) is 5.92. The van der Waals surface area contributed by atoms with Crippen LogP contribution in [0.5, 0.6) is 0 Å². The molecule has 1 heterocycles. The standard InChI is InChI=1S/C15H10BrClN2O3/c16-9-5-6-11(10(17)7-9)18-14(20)8-19-12-3-1-2-4-13(12)22-15(19)21/h1-7H,8H2,(H,18,20).